The van der Waals surface area contributed by atoms with E-state index in [4.69, 9.17) is 5.26 Å². The molecule has 0 bridgehead atoms. The second-order valence-electron chi connectivity index (χ2n) is 3.10. The Bertz CT molecular complexity index is 449. The molecule has 2 N–H and O–H groups in total. The van der Waals surface area contributed by atoms with Crippen LogP contribution in [0.25, 0.3) is 0 Å². The number of anilines is 1. The zero-order chi connectivity index (χ0) is 12.0. The van der Waals surface area contributed by atoms with Crippen LogP contribution in [0.5, 0.6) is 0 Å². The molecule has 1 aromatic carbocycles. The van der Waals surface area contributed by atoms with E-state index in [1.165, 1.54) is 6.92 Å². The van der Waals surface area contributed by atoms with Crippen LogP contribution < -0.4 is 10.6 Å². The number of amides is 2. The van der Waals surface area contributed by atoms with Gasteiger partial charge >= 0.3 is 0 Å². The number of nitrogens with zero attached hydrogens (tertiary/aromatic N) is 1. The van der Waals surface area contributed by atoms with Crippen LogP contribution in [0.1, 0.15) is 17.3 Å². The molecule has 5 heteroatoms. The zero-order valence-corrected chi connectivity index (χ0v) is 8.78. The van der Waals surface area contributed by atoms with Crippen molar-refractivity contribution in [2.24, 2.45) is 0 Å². The summed E-state index contributed by atoms with van der Waals surface area (Å²) in [4.78, 5) is 22.3. The van der Waals surface area contributed by atoms with Crippen molar-refractivity contribution in [3.63, 3.8) is 0 Å². The van der Waals surface area contributed by atoms with E-state index in [1.807, 2.05) is 6.07 Å². The monoisotopic (exact) mass is 217 g/mol. The molecule has 0 radical (unpaired) electrons. The van der Waals surface area contributed by atoms with Gasteiger partial charge in [-0.15, -0.1) is 0 Å². The molecule has 0 atom stereocenters. The van der Waals surface area contributed by atoms with E-state index in [2.05, 4.69) is 10.6 Å². The lowest BCUT2D eigenvalue weighted by molar-refractivity contribution is -0.114. The van der Waals surface area contributed by atoms with Gasteiger partial charge in [0.15, 0.2) is 0 Å². The molecule has 0 fully saturated rings. The molecule has 0 unspecified atom stereocenters. The third-order valence-corrected chi connectivity index (χ3v) is 1.77. The Kier molecular flexibility index (Phi) is 4.04. The van der Waals surface area contributed by atoms with E-state index in [-0.39, 0.29) is 18.4 Å². The van der Waals surface area contributed by atoms with E-state index in [9.17, 15) is 9.59 Å². The lowest BCUT2D eigenvalue weighted by Crippen LogP contribution is -2.23. The third kappa shape index (κ3) is 3.42. The molecule has 0 aromatic heterocycles. The number of benzene rings is 1. The van der Waals surface area contributed by atoms with Crippen molar-refractivity contribution in [2.75, 3.05) is 11.9 Å². The van der Waals surface area contributed by atoms with Gasteiger partial charge in [0, 0.05) is 18.2 Å². The largest absolute Gasteiger partial charge is 0.339 e. The van der Waals surface area contributed by atoms with Crippen LogP contribution in [0, 0.1) is 11.3 Å². The molecule has 82 valence electrons. The highest BCUT2D eigenvalue weighted by Crippen LogP contribution is 2.10. The Morgan fingerprint density at radius 2 is 2.19 bits per heavy atom. The van der Waals surface area contributed by atoms with Gasteiger partial charge in [0.1, 0.15) is 6.54 Å². The highest BCUT2D eigenvalue weighted by atomic mass is 16.2. The van der Waals surface area contributed by atoms with Crippen molar-refractivity contribution in [3.8, 4) is 6.07 Å². The fourth-order valence-electron chi connectivity index (χ4n) is 1.16. The van der Waals surface area contributed by atoms with Crippen molar-refractivity contribution in [3.05, 3.63) is 29.8 Å². The van der Waals surface area contributed by atoms with E-state index in [0.29, 0.717) is 11.3 Å². The summed E-state index contributed by atoms with van der Waals surface area (Å²) in [6, 6.07) is 8.31. The van der Waals surface area contributed by atoms with Gasteiger partial charge in [-0.05, 0) is 18.2 Å². The normalized spacial score (nSPS) is 9.00. The molecule has 0 aliphatic heterocycles. The van der Waals surface area contributed by atoms with E-state index < -0.39 is 0 Å². The first-order valence-electron chi connectivity index (χ1n) is 4.66. The van der Waals surface area contributed by atoms with E-state index in [0.717, 1.165) is 0 Å². The molecule has 16 heavy (non-hydrogen) atoms. The molecule has 0 aliphatic carbocycles. The van der Waals surface area contributed by atoms with Crippen LogP contribution >= 0.6 is 0 Å². The molecule has 0 saturated carbocycles. The van der Waals surface area contributed by atoms with Gasteiger partial charge < -0.3 is 10.6 Å². The van der Waals surface area contributed by atoms with Gasteiger partial charge in [0.2, 0.25) is 5.91 Å². The van der Waals surface area contributed by atoms with Crippen LogP contribution in [0.15, 0.2) is 24.3 Å². The van der Waals surface area contributed by atoms with Crippen molar-refractivity contribution in [1.29, 1.82) is 5.26 Å². The lowest BCUT2D eigenvalue weighted by atomic mass is 10.2. The maximum absolute atomic E-state index is 11.5. The minimum absolute atomic E-state index is 0.0385. The van der Waals surface area contributed by atoms with E-state index in [1.54, 1.807) is 24.3 Å². The quantitative estimate of drug-likeness (QED) is 0.738. The van der Waals surface area contributed by atoms with Crippen LogP contribution in [0.2, 0.25) is 0 Å². The molecule has 0 aliphatic rings. The molecule has 0 heterocycles. The minimum Gasteiger partial charge on any atom is -0.339 e. The average Bonchev–Trinajstić information content (AvgIpc) is 2.25. The van der Waals surface area contributed by atoms with Crippen molar-refractivity contribution in [2.45, 2.75) is 6.92 Å². The fraction of sp³-hybridized carbons (Fsp3) is 0.182. The fourth-order valence-corrected chi connectivity index (χ4v) is 1.16. The smallest absolute Gasteiger partial charge is 0.252 e. The van der Waals surface area contributed by atoms with Crippen molar-refractivity contribution in [1.82, 2.24) is 5.32 Å². The molecule has 2 amide bonds. The van der Waals surface area contributed by atoms with E-state index >= 15 is 0 Å². The Labute approximate surface area is 93.1 Å². The Morgan fingerprint density at radius 3 is 2.81 bits per heavy atom. The number of carbonyl (C=O) groups excluding carboxylic acids is 2. The summed E-state index contributed by atoms with van der Waals surface area (Å²) in [5.41, 5.74) is 0.957. The van der Waals surface area contributed by atoms with Crippen LogP contribution in [-0.2, 0) is 4.79 Å². The number of hydrogen-bond acceptors (Lipinski definition) is 3. The second kappa shape index (κ2) is 5.51. The van der Waals surface area contributed by atoms with Crippen molar-refractivity contribution < 1.29 is 9.59 Å². The number of hydrogen-bond donors (Lipinski definition) is 2. The lowest BCUT2D eigenvalue weighted by Gasteiger charge is -2.05. The SMILES string of the molecule is CC(=O)Nc1cccc(C(=O)NCC#N)c1. The molecule has 1 rings (SSSR count). The van der Waals surface area contributed by atoms with Gasteiger partial charge in [0.05, 0.1) is 6.07 Å². The predicted molar refractivity (Wildman–Crippen MR) is 58.7 cm³/mol. The van der Waals surface area contributed by atoms with Gasteiger partial charge in [-0.1, -0.05) is 6.07 Å². The summed E-state index contributed by atoms with van der Waals surface area (Å²) in [5, 5.41) is 13.3. The maximum atomic E-state index is 11.5. The summed E-state index contributed by atoms with van der Waals surface area (Å²) in [6.07, 6.45) is 0. The van der Waals surface area contributed by atoms with Crippen LogP contribution in [0.3, 0.4) is 0 Å². The molecule has 1 aromatic rings. The second-order valence-corrected chi connectivity index (χ2v) is 3.10. The summed E-state index contributed by atoms with van der Waals surface area (Å²) >= 11 is 0. The molecular formula is C11H11N3O2. The van der Waals surface area contributed by atoms with Crippen molar-refractivity contribution >= 4 is 17.5 Å². The number of nitrogens with one attached hydrogen (secondary N) is 2. The Balaban J connectivity index is 2.78. The average molecular weight is 217 g/mol. The Morgan fingerprint density at radius 1 is 1.44 bits per heavy atom. The zero-order valence-electron chi connectivity index (χ0n) is 8.78. The first-order valence-corrected chi connectivity index (χ1v) is 4.66. The van der Waals surface area contributed by atoms with Crippen LogP contribution in [0.4, 0.5) is 5.69 Å². The molecule has 5 nitrogen and oxygen atoms in total. The molecular weight excluding hydrogens is 206 g/mol. The van der Waals surface area contributed by atoms with Gasteiger partial charge in [-0.25, -0.2) is 0 Å². The van der Waals surface area contributed by atoms with Crippen LogP contribution in [-0.4, -0.2) is 18.4 Å². The highest BCUT2D eigenvalue weighted by molar-refractivity contribution is 5.96. The number of nitriles is 1. The summed E-state index contributed by atoms with van der Waals surface area (Å²) < 4.78 is 0. The first-order chi connectivity index (χ1) is 7.63. The maximum Gasteiger partial charge on any atom is 0.252 e. The minimum atomic E-state index is -0.339. The van der Waals surface area contributed by atoms with Gasteiger partial charge in [0.25, 0.3) is 5.91 Å². The Hall–Kier alpha value is -2.35. The summed E-state index contributed by atoms with van der Waals surface area (Å²) in [5.74, 6) is -0.539. The third-order valence-electron chi connectivity index (χ3n) is 1.77. The van der Waals surface area contributed by atoms with Gasteiger partial charge in [-0.2, -0.15) is 5.26 Å². The molecule has 0 spiro atoms. The topological polar surface area (TPSA) is 82.0 Å². The predicted octanol–water partition coefficient (Wildman–Crippen LogP) is 0.898. The molecule has 0 saturated heterocycles. The number of rotatable bonds is 3. The first kappa shape index (κ1) is 11.7. The summed E-state index contributed by atoms with van der Waals surface area (Å²) in [6.45, 7) is 1.35. The highest BCUT2D eigenvalue weighted by Gasteiger charge is 2.05. The van der Waals surface area contributed by atoms with Gasteiger partial charge in [-0.3, -0.25) is 9.59 Å². The standard InChI is InChI=1S/C11H11N3O2/c1-8(15)14-10-4-2-3-9(7-10)11(16)13-6-5-12/h2-4,7H,6H2,1H3,(H,13,16)(H,14,15). The number of carbonyl (C=O) groups is 2. The summed E-state index contributed by atoms with van der Waals surface area (Å²) in [7, 11) is 0.